The number of oxazole rings is 1. The van der Waals surface area contributed by atoms with Crippen molar-refractivity contribution in [2.24, 2.45) is 0 Å². The Kier molecular flexibility index (Phi) is 6.04. The molecule has 2 amide bonds. The van der Waals surface area contributed by atoms with E-state index in [-0.39, 0.29) is 29.8 Å². The Morgan fingerprint density at radius 1 is 1.36 bits per heavy atom. The molecule has 0 saturated heterocycles. The van der Waals surface area contributed by atoms with Crippen LogP contribution in [0.2, 0.25) is 0 Å². The molecule has 2 N–H and O–H groups in total. The Bertz CT molecular complexity index is 764. The van der Waals surface area contributed by atoms with Crippen LogP contribution in [0.1, 0.15) is 29.7 Å². The minimum absolute atomic E-state index is 0.00167. The molecule has 25 heavy (non-hydrogen) atoms. The topological polar surface area (TPSA) is 93.5 Å². The van der Waals surface area contributed by atoms with Gasteiger partial charge in [0.25, 0.3) is 5.91 Å². The summed E-state index contributed by atoms with van der Waals surface area (Å²) < 4.78 is 36.7. The SMILES string of the molecule is CC[C@@H](NC(=O)c1coc(COc2cccc(F)c2F)n1)C(=O)NC. The first-order chi connectivity index (χ1) is 12.0. The summed E-state index contributed by atoms with van der Waals surface area (Å²) >= 11 is 0. The van der Waals surface area contributed by atoms with Gasteiger partial charge in [-0.05, 0) is 18.6 Å². The number of nitrogens with one attached hydrogen (secondary N) is 2. The first-order valence-corrected chi connectivity index (χ1v) is 7.50. The van der Waals surface area contributed by atoms with Crippen LogP contribution in [0.4, 0.5) is 8.78 Å². The number of hydrogen-bond acceptors (Lipinski definition) is 5. The normalized spacial score (nSPS) is 11.7. The van der Waals surface area contributed by atoms with Crippen molar-refractivity contribution in [1.29, 1.82) is 0 Å². The molecule has 1 atom stereocenters. The molecule has 0 spiro atoms. The summed E-state index contributed by atoms with van der Waals surface area (Å²) in [6.45, 7) is 1.45. The Labute approximate surface area is 142 Å². The smallest absolute Gasteiger partial charge is 0.273 e. The van der Waals surface area contributed by atoms with Gasteiger partial charge in [-0.15, -0.1) is 0 Å². The molecular formula is C16H17F2N3O4. The molecule has 1 heterocycles. The number of aromatic nitrogens is 1. The number of rotatable bonds is 7. The lowest BCUT2D eigenvalue weighted by molar-refractivity contribution is -0.122. The highest BCUT2D eigenvalue weighted by atomic mass is 19.2. The molecule has 0 fully saturated rings. The fourth-order valence-electron chi connectivity index (χ4n) is 1.98. The van der Waals surface area contributed by atoms with Crippen LogP contribution in [0, 0.1) is 11.6 Å². The van der Waals surface area contributed by atoms with E-state index >= 15 is 0 Å². The summed E-state index contributed by atoms with van der Waals surface area (Å²) in [5.74, 6) is -3.38. The summed E-state index contributed by atoms with van der Waals surface area (Å²) in [5.41, 5.74) is -0.0549. The maximum Gasteiger partial charge on any atom is 0.273 e. The minimum atomic E-state index is -1.12. The summed E-state index contributed by atoms with van der Waals surface area (Å²) in [6, 6.07) is 2.82. The van der Waals surface area contributed by atoms with Crippen LogP contribution in [0.5, 0.6) is 5.75 Å². The van der Waals surface area contributed by atoms with E-state index in [0.29, 0.717) is 6.42 Å². The lowest BCUT2D eigenvalue weighted by Gasteiger charge is -2.13. The Balaban J connectivity index is 1.98. The largest absolute Gasteiger partial charge is 0.481 e. The van der Waals surface area contributed by atoms with Crippen LogP contribution in [-0.2, 0) is 11.4 Å². The second-order valence-electron chi connectivity index (χ2n) is 5.02. The van der Waals surface area contributed by atoms with Crippen molar-refractivity contribution in [3.63, 3.8) is 0 Å². The zero-order valence-electron chi connectivity index (χ0n) is 13.6. The molecule has 2 aromatic rings. The molecule has 134 valence electrons. The van der Waals surface area contributed by atoms with E-state index in [9.17, 15) is 18.4 Å². The van der Waals surface area contributed by atoms with Gasteiger partial charge in [-0.25, -0.2) is 9.37 Å². The van der Waals surface area contributed by atoms with Crippen LogP contribution in [0.15, 0.2) is 28.9 Å². The molecule has 1 aromatic heterocycles. The van der Waals surface area contributed by atoms with Gasteiger partial charge in [0.1, 0.15) is 12.3 Å². The van der Waals surface area contributed by atoms with Gasteiger partial charge in [0.2, 0.25) is 17.6 Å². The third kappa shape index (κ3) is 4.52. The zero-order chi connectivity index (χ0) is 18.4. The summed E-state index contributed by atoms with van der Waals surface area (Å²) in [5, 5.41) is 4.96. The molecule has 0 saturated carbocycles. The number of halogens is 2. The van der Waals surface area contributed by atoms with Gasteiger partial charge in [0.15, 0.2) is 23.9 Å². The quantitative estimate of drug-likeness (QED) is 0.791. The van der Waals surface area contributed by atoms with Crippen molar-refractivity contribution in [2.45, 2.75) is 26.0 Å². The van der Waals surface area contributed by atoms with E-state index in [1.54, 1.807) is 6.92 Å². The van der Waals surface area contributed by atoms with Crippen molar-refractivity contribution >= 4 is 11.8 Å². The Hall–Kier alpha value is -2.97. The van der Waals surface area contributed by atoms with Crippen molar-refractivity contribution in [3.8, 4) is 5.75 Å². The lowest BCUT2D eigenvalue weighted by Crippen LogP contribution is -2.45. The highest BCUT2D eigenvalue weighted by Gasteiger charge is 2.21. The van der Waals surface area contributed by atoms with Crippen molar-refractivity contribution in [3.05, 3.63) is 47.7 Å². The highest BCUT2D eigenvalue weighted by Crippen LogP contribution is 2.20. The third-order valence-electron chi connectivity index (χ3n) is 3.33. The second-order valence-corrected chi connectivity index (χ2v) is 5.02. The van der Waals surface area contributed by atoms with Gasteiger partial charge in [-0.1, -0.05) is 13.0 Å². The first kappa shape index (κ1) is 18.4. The number of nitrogens with zero attached hydrogens (tertiary/aromatic N) is 1. The Morgan fingerprint density at radius 2 is 2.12 bits per heavy atom. The van der Waals surface area contributed by atoms with Crippen LogP contribution < -0.4 is 15.4 Å². The standard InChI is InChI=1S/C16H17F2N3O4/c1-3-10(15(22)19-2)21-16(23)11-7-25-13(20-11)8-24-12-6-4-5-9(17)14(12)18/h4-7,10H,3,8H2,1-2H3,(H,19,22)(H,21,23)/t10-/m1/s1. The summed E-state index contributed by atoms with van der Waals surface area (Å²) in [4.78, 5) is 27.5. The van der Waals surface area contributed by atoms with Gasteiger partial charge in [0.05, 0.1) is 0 Å². The molecule has 9 heteroatoms. The van der Waals surface area contributed by atoms with Crippen LogP contribution in [-0.4, -0.2) is 29.9 Å². The van der Waals surface area contributed by atoms with E-state index in [0.717, 1.165) is 12.3 Å². The molecule has 1 aromatic carbocycles. The molecule has 7 nitrogen and oxygen atoms in total. The second kappa shape index (κ2) is 8.22. The number of amides is 2. The summed E-state index contributed by atoms with van der Waals surface area (Å²) in [7, 11) is 1.47. The van der Waals surface area contributed by atoms with Crippen LogP contribution in [0.3, 0.4) is 0 Å². The average Bonchev–Trinajstić information content (AvgIpc) is 3.09. The fourth-order valence-corrected chi connectivity index (χ4v) is 1.98. The maximum atomic E-state index is 13.5. The molecule has 0 aliphatic heterocycles. The van der Waals surface area contributed by atoms with E-state index in [2.05, 4.69) is 15.6 Å². The van der Waals surface area contributed by atoms with Crippen LogP contribution in [0.25, 0.3) is 0 Å². The number of carbonyl (C=O) groups is 2. The highest BCUT2D eigenvalue weighted by molar-refractivity contribution is 5.95. The van der Waals surface area contributed by atoms with E-state index in [4.69, 9.17) is 9.15 Å². The summed E-state index contributed by atoms with van der Waals surface area (Å²) in [6.07, 6.45) is 1.49. The Morgan fingerprint density at radius 3 is 2.80 bits per heavy atom. The van der Waals surface area contributed by atoms with Crippen LogP contribution >= 0.6 is 0 Å². The third-order valence-corrected chi connectivity index (χ3v) is 3.33. The number of ether oxygens (including phenoxy) is 1. The number of likely N-dealkylation sites (N-methyl/N-ethyl adjacent to an activating group) is 1. The number of benzene rings is 1. The van der Waals surface area contributed by atoms with Gasteiger partial charge in [-0.3, -0.25) is 9.59 Å². The van der Waals surface area contributed by atoms with Crippen molar-refractivity contribution < 1.29 is 27.5 Å². The number of hydrogen-bond donors (Lipinski definition) is 2. The molecule has 0 aliphatic carbocycles. The van der Waals surface area contributed by atoms with Gasteiger partial charge in [0, 0.05) is 7.05 Å². The molecule has 0 bridgehead atoms. The van der Waals surface area contributed by atoms with Gasteiger partial charge in [-0.2, -0.15) is 4.39 Å². The zero-order valence-corrected chi connectivity index (χ0v) is 13.6. The first-order valence-electron chi connectivity index (χ1n) is 7.50. The fraction of sp³-hybridized carbons (Fsp3) is 0.312. The molecule has 0 radical (unpaired) electrons. The van der Waals surface area contributed by atoms with Crippen molar-refractivity contribution in [1.82, 2.24) is 15.6 Å². The minimum Gasteiger partial charge on any atom is -0.481 e. The molecular weight excluding hydrogens is 336 g/mol. The van der Waals surface area contributed by atoms with E-state index in [1.165, 1.54) is 19.2 Å². The van der Waals surface area contributed by atoms with E-state index in [1.807, 2.05) is 0 Å². The predicted octanol–water partition coefficient (Wildman–Crippen LogP) is 1.79. The molecule has 0 aliphatic rings. The lowest BCUT2D eigenvalue weighted by atomic mass is 10.2. The van der Waals surface area contributed by atoms with Gasteiger partial charge >= 0.3 is 0 Å². The monoisotopic (exact) mass is 353 g/mol. The number of carbonyl (C=O) groups excluding carboxylic acids is 2. The van der Waals surface area contributed by atoms with Gasteiger partial charge < -0.3 is 19.8 Å². The average molecular weight is 353 g/mol. The predicted molar refractivity (Wildman–Crippen MR) is 82.8 cm³/mol. The van der Waals surface area contributed by atoms with Crippen molar-refractivity contribution in [2.75, 3.05) is 7.05 Å². The molecule has 2 rings (SSSR count). The maximum absolute atomic E-state index is 13.5. The van der Waals surface area contributed by atoms with E-state index < -0.39 is 23.6 Å². The molecule has 0 unspecified atom stereocenters.